The minimum Gasteiger partial charge on any atom is -0.322 e. The monoisotopic (exact) mass is 427 g/mol. The van der Waals surface area contributed by atoms with Crippen LogP contribution in [0.1, 0.15) is 42.5 Å². The number of hydrogen-bond acceptors (Lipinski definition) is 4. The molecule has 0 radical (unpaired) electrons. The van der Waals surface area contributed by atoms with Crippen molar-refractivity contribution < 1.29 is 18.0 Å². The summed E-state index contributed by atoms with van der Waals surface area (Å²) in [5, 5.41) is 2.79. The first-order valence-electron chi connectivity index (χ1n) is 10.3. The van der Waals surface area contributed by atoms with Gasteiger partial charge in [0.1, 0.15) is 0 Å². The van der Waals surface area contributed by atoms with Crippen LogP contribution in [0.15, 0.2) is 53.4 Å². The fourth-order valence-electron chi connectivity index (χ4n) is 3.90. The van der Waals surface area contributed by atoms with Crippen LogP contribution in [-0.2, 0) is 14.8 Å². The molecule has 2 fully saturated rings. The Morgan fingerprint density at radius 2 is 1.63 bits per heavy atom. The molecule has 2 aromatic carbocycles. The first-order valence-corrected chi connectivity index (χ1v) is 11.7. The highest BCUT2D eigenvalue weighted by molar-refractivity contribution is 7.89. The van der Waals surface area contributed by atoms with Gasteiger partial charge in [-0.1, -0.05) is 12.5 Å². The molecule has 2 aliphatic heterocycles. The summed E-state index contributed by atoms with van der Waals surface area (Å²) in [6.45, 7) is 1.75. The van der Waals surface area contributed by atoms with Crippen LogP contribution in [0.25, 0.3) is 0 Å². The number of hydrogen-bond donors (Lipinski definition) is 1. The number of nitrogens with zero attached hydrogens (tertiary/aromatic N) is 2. The predicted molar refractivity (Wildman–Crippen MR) is 115 cm³/mol. The maximum Gasteiger partial charge on any atom is 0.255 e. The highest BCUT2D eigenvalue weighted by Gasteiger charge is 2.26. The van der Waals surface area contributed by atoms with Crippen LogP contribution in [0.3, 0.4) is 0 Å². The quantitative estimate of drug-likeness (QED) is 0.794. The molecular weight excluding hydrogens is 402 g/mol. The van der Waals surface area contributed by atoms with E-state index in [4.69, 9.17) is 0 Å². The normalized spacial score (nSPS) is 17.9. The van der Waals surface area contributed by atoms with E-state index in [1.807, 2.05) is 0 Å². The SMILES string of the molecule is O=C(Nc1ccc(N2CCCC2=O)cc1)c1cccc(S(=O)(=O)N2CCCCC2)c1. The molecule has 2 saturated heterocycles. The largest absolute Gasteiger partial charge is 0.322 e. The summed E-state index contributed by atoms with van der Waals surface area (Å²) in [7, 11) is -3.60. The molecule has 2 aromatic rings. The Labute approximate surface area is 176 Å². The van der Waals surface area contributed by atoms with Crippen LogP contribution < -0.4 is 10.2 Å². The smallest absolute Gasteiger partial charge is 0.255 e. The van der Waals surface area contributed by atoms with Crippen molar-refractivity contribution in [3.63, 3.8) is 0 Å². The zero-order valence-electron chi connectivity index (χ0n) is 16.7. The van der Waals surface area contributed by atoms with Crippen molar-refractivity contribution >= 4 is 33.2 Å². The Balaban J connectivity index is 1.47. The van der Waals surface area contributed by atoms with Crippen LogP contribution >= 0.6 is 0 Å². The number of carbonyl (C=O) groups excluding carboxylic acids is 2. The maximum atomic E-state index is 12.9. The van der Waals surface area contributed by atoms with Crippen molar-refractivity contribution in [3.05, 3.63) is 54.1 Å². The van der Waals surface area contributed by atoms with E-state index in [1.54, 1.807) is 41.3 Å². The Kier molecular flexibility index (Phi) is 5.87. The summed E-state index contributed by atoms with van der Waals surface area (Å²) in [4.78, 5) is 26.4. The lowest BCUT2D eigenvalue weighted by atomic mass is 10.2. The van der Waals surface area contributed by atoms with Crippen molar-refractivity contribution in [2.75, 3.05) is 29.9 Å². The summed E-state index contributed by atoms with van der Waals surface area (Å²) in [6.07, 6.45) is 4.18. The average molecular weight is 428 g/mol. The van der Waals surface area contributed by atoms with Crippen LogP contribution in [0.4, 0.5) is 11.4 Å². The van der Waals surface area contributed by atoms with Gasteiger partial charge in [0.25, 0.3) is 5.91 Å². The number of nitrogens with one attached hydrogen (secondary N) is 1. The molecule has 0 unspecified atom stereocenters. The van der Waals surface area contributed by atoms with Gasteiger partial charge in [0.05, 0.1) is 4.90 Å². The highest BCUT2D eigenvalue weighted by Crippen LogP contribution is 2.24. The molecule has 4 rings (SSSR count). The van der Waals surface area contributed by atoms with Gasteiger partial charge in [-0.2, -0.15) is 4.31 Å². The Morgan fingerprint density at radius 1 is 0.900 bits per heavy atom. The molecular formula is C22H25N3O4S. The van der Waals surface area contributed by atoms with Crippen molar-refractivity contribution in [1.29, 1.82) is 0 Å². The number of amides is 2. The van der Waals surface area contributed by atoms with Crippen molar-refractivity contribution in [1.82, 2.24) is 4.31 Å². The topological polar surface area (TPSA) is 86.8 Å². The minimum atomic E-state index is -3.60. The standard InChI is InChI=1S/C22H25N3O4S/c26-21-8-5-15-25(21)19-11-9-18(10-12-19)23-22(27)17-6-4-7-20(16-17)30(28,29)24-13-2-1-3-14-24/h4,6-7,9-12,16H,1-3,5,8,13-15H2,(H,23,27). The lowest BCUT2D eigenvalue weighted by Gasteiger charge is -2.26. The Bertz CT molecular complexity index is 1040. The zero-order valence-corrected chi connectivity index (χ0v) is 17.5. The van der Waals surface area contributed by atoms with E-state index in [0.717, 1.165) is 31.4 Å². The molecule has 0 saturated carbocycles. The molecule has 2 aliphatic rings. The van der Waals surface area contributed by atoms with Crippen LogP contribution in [-0.4, -0.2) is 44.2 Å². The highest BCUT2D eigenvalue weighted by atomic mass is 32.2. The van der Waals surface area contributed by atoms with E-state index in [2.05, 4.69) is 5.32 Å². The third kappa shape index (κ3) is 4.24. The third-order valence-electron chi connectivity index (χ3n) is 5.56. The maximum absolute atomic E-state index is 12.9. The number of carbonyl (C=O) groups is 2. The van der Waals surface area contributed by atoms with E-state index < -0.39 is 10.0 Å². The number of sulfonamides is 1. The third-order valence-corrected chi connectivity index (χ3v) is 7.45. The van der Waals surface area contributed by atoms with Gasteiger partial charge in [-0.15, -0.1) is 0 Å². The second kappa shape index (κ2) is 8.57. The molecule has 158 valence electrons. The molecule has 0 atom stereocenters. The lowest BCUT2D eigenvalue weighted by Crippen LogP contribution is -2.35. The van der Waals surface area contributed by atoms with Crippen LogP contribution in [0, 0.1) is 0 Å². The molecule has 0 bridgehead atoms. The molecule has 2 heterocycles. The summed E-state index contributed by atoms with van der Waals surface area (Å²) in [5.74, 6) is -0.269. The van der Waals surface area contributed by atoms with Gasteiger partial charge in [0.2, 0.25) is 15.9 Å². The van der Waals surface area contributed by atoms with E-state index in [1.165, 1.54) is 16.4 Å². The van der Waals surface area contributed by atoms with Gasteiger partial charge in [0, 0.05) is 43.0 Å². The van der Waals surface area contributed by atoms with Gasteiger partial charge in [-0.25, -0.2) is 8.42 Å². The zero-order chi connectivity index (χ0) is 21.1. The predicted octanol–water partition coefficient (Wildman–Crippen LogP) is 3.24. The average Bonchev–Trinajstić information content (AvgIpc) is 3.21. The van der Waals surface area contributed by atoms with E-state index >= 15 is 0 Å². The van der Waals surface area contributed by atoms with Crippen molar-refractivity contribution in [2.24, 2.45) is 0 Å². The van der Waals surface area contributed by atoms with E-state index in [0.29, 0.717) is 31.7 Å². The molecule has 8 heteroatoms. The summed E-state index contributed by atoms with van der Waals surface area (Å²) >= 11 is 0. The number of piperidine rings is 1. The molecule has 7 nitrogen and oxygen atoms in total. The van der Waals surface area contributed by atoms with Gasteiger partial charge in [0.15, 0.2) is 0 Å². The number of rotatable bonds is 5. The molecule has 2 amide bonds. The molecule has 0 aromatic heterocycles. The van der Waals surface area contributed by atoms with Gasteiger partial charge < -0.3 is 10.2 Å². The van der Waals surface area contributed by atoms with E-state index in [9.17, 15) is 18.0 Å². The second-order valence-electron chi connectivity index (χ2n) is 7.64. The Hall–Kier alpha value is -2.71. The fourth-order valence-corrected chi connectivity index (χ4v) is 5.46. The van der Waals surface area contributed by atoms with Crippen molar-refractivity contribution in [3.8, 4) is 0 Å². The molecule has 0 aliphatic carbocycles. The van der Waals surface area contributed by atoms with Gasteiger partial charge >= 0.3 is 0 Å². The van der Waals surface area contributed by atoms with Crippen LogP contribution in [0.5, 0.6) is 0 Å². The number of anilines is 2. The molecule has 1 N–H and O–H groups in total. The Morgan fingerprint density at radius 3 is 2.30 bits per heavy atom. The first kappa shape index (κ1) is 20.6. The van der Waals surface area contributed by atoms with Gasteiger partial charge in [-0.3, -0.25) is 9.59 Å². The minimum absolute atomic E-state index is 0.110. The van der Waals surface area contributed by atoms with Gasteiger partial charge in [-0.05, 0) is 61.7 Å². The summed E-state index contributed by atoms with van der Waals surface area (Å²) in [5.41, 5.74) is 1.68. The fraction of sp³-hybridized carbons (Fsp3) is 0.364. The lowest BCUT2D eigenvalue weighted by molar-refractivity contribution is -0.117. The summed E-state index contributed by atoms with van der Waals surface area (Å²) in [6, 6.07) is 13.2. The van der Waals surface area contributed by atoms with Crippen molar-refractivity contribution in [2.45, 2.75) is 37.0 Å². The summed E-state index contributed by atoms with van der Waals surface area (Å²) < 4.78 is 27.2. The molecule has 30 heavy (non-hydrogen) atoms. The number of benzene rings is 2. The first-order chi connectivity index (χ1) is 14.4. The van der Waals surface area contributed by atoms with E-state index in [-0.39, 0.29) is 22.3 Å². The molecule has 0 spiro atoms. The van der Waals surface area contributed by atoms with Crippen LogP contribution in [0.2, 0.25) is 0 Å². The second-order valence-corrected chi connectivity index (χ2v) is 9.58.